The summed E-state index contributed by atoms with van der Waals surface area (Å²) in [5.74, 6) is -0.723. The van der Waals surface area contributed by atoms with Gasteiger partial charge in [0.25, 0.3) is 5.91 Å². The molecule has 3 aromatic rings. The number of likely N-dealkylation sites (N-methyl/N-ethyl adjacent to an activating group) is 1. The number of benzene rings is 2. The van der Waals surface area contributed by atoms with Gasteiger partial charge >= 0.3 is 6.18 Å². The van der Waals surface area contributed by atoms with E-state index in [1.807, 2.05) is 0 Å². The third kappa shape index (κ3) is 7.28. The molecule has 0 fully saturated rings. The van der Waals surface area contributed by atoms with Crippen molar-refractivity contribution in [3.63, 3.8) is 0 Å². The lowest BCUT2D eigenvalue weighted by Gasteiger charge is -2.18. The van der Waals surface area contributed by atoms with Crippen LogP contribution in [0.2, 0.25) is 0 Å². The highest BCUT2D eigenvalue weighted by Crippen LogP contribution is 2.29. The highest BCUT2D eigenvalue weighted by atomic mass is 19.4. The number of nitrogens with one attached hydrogen (secondary N) is 3. The first kappa shape index (κ1) is 28.1. The molecule has 0 spiro atoms. The Morgan fingerprint density at radius 1 is 1.11 bits per heavy atom. The van der Waals surface area contributed by atoms with Crippen LogP contribution < -0.4 is 20.9 Å². The van der Waals surface area contributed by atoms with Gasteiger partial charge in [0, 0.05) is 43.1 Å². The Morgan fingerprint density at radius 3 is 2.47 bits per heavy atom. The quantitative estimate of drug-likeness (QED) is 0.192. The molecular formula is C26H26F4N6O2. The molecule has 38 heavy (non-hydrogen) atoms. The summed E-state index contributed by atoms with van der Waals surface area (Å²) in [4.78, 5) is 33.8. The molecule has 0 saturated carbocycles. The Kier molecular flexibility index (Phi) is 9.00. The van der Waals surface area contributed by atoms with Crippen LogP contribution >= 0.6 is 0 Å². The first-order valence-electron chi connectivity index (χ1n) is 11.5. The summed E-state index contributed by atoms with van der Waals surface area (Å²) in [7, 11) is 1.44. The maximum Gasteiger partial charge on any atom is 0.416 e. The number of aromatic nitrogens is 2. The second kappa shape index (κ2) is 12.2. The second-order valence-corrected chi connectivity index (χ2v) is 8.23. The molecule has 0 atom stereocenters. The molecule has 2 amide bonds. The van der Waals surface area contributed by atoms with E-state index in [-0.39, 0.29) is 17.8 Å². The number of carbonyl (C=O) groups excluding carboxylic acids is 2. The Balaban J connectivity index is 1.54. The molecule has 0 bridgehead atoms. The summed E-state index contributed by atoms with van der Waals surface area (Å²) in [6.45, 7) is 5.89. The van der Waals surface area contributed by atoms with Crippen LogP contribution in [0.15, 0.2) is 61.3 Å². The number of rotatable bonds is 10. The Morgan fingerprint density at radius 2 is 1.82 bits per heavy atom. The van der Waals surface area contributed by atoms with Crippen molar-refractivity contribution in [2.24, 2.45) is 0 Å². The number of nitrogens with zero attached hydrogens (tertiary/aromatic N) is 3. The number of carbonyl (C=O) groups is 2. The first-order valence-corrected chi connectivity index (χ1v) is 11.5. The average molecular weight is 531 g/mol. The lowest BCUT2D eigenvalue weighted by atomic mass is 10.1. The van der Waals surface area contributed by atoms with E-state index >= 15 is 0 Å². The molecule has 8 nitrogen and oxygen atoms in total. The van der Waals surface area contributed by atoms with E-state index in [9.17, 15) is 27.2 Å². The van der Waals surface area contributed by atoms with Crippen molar-refractivity contribution >= 4 is 35.0 Å². The van der Waals surface area contributed by atoms with E-state index < -0.39 is 29.4 Å². The van der Waals surface area contributed by atoms with Crippen LogP contribution in [0.3, 0.4) is 0 Å². The van der Waals surface area contributed by atoms with Gasteiger partial charge in [-0.2, -0.15) is 18.2 Å². The second-order valence-electron chi connectivity index (χ2n) is 8.23. The van der Waals surface area contributed by atoms with Crippen molar-refractivity contribution in [3.05, 3.63) is 83.8 Å². The zero-order chi connectivity index (χ0) is 27.9. The predicted molar refractivity (Wildman–Crippen MR) is 137 cm³/mol. The standard InChI is InChI=1S/C26H26F4N6O2/c1-4-22(37)36(3)21-14-19(10-11-20(21)27)34-23-16(2)15-33-25(35-23)32-13-5-12-31-24(38)17-6-8-18(9-7-17)26(28,29)30/h4,6-11,14-15H,1,5,12-13H2,2-3H3,(H,31,38)(H2,32,33,34,35). The third-order valence-electron chi connectivity index (χ3n) is 5.44. The minimum absolute atomic E-state index is 0.0725. The minimum atomic E-state index is -4.46. The van der Waals surface area contributed by atoms with Gasteiger partial charge in [0.05, 0.1) is 11.3 Å². The van der Waals surface area contributed by atoms with Crippen molar-refractivity contribution in [2.75, 3.05) is 35.7 Å². The molecule has 2 aromatic carbocycles. The molecular weight excluding hydrogens is 504 g/mol. The van der Waals surface area contributed by atoms with E-state index in [1.165, 1.54) is 25.2 Å². The fraction of sp³-hybridized carbons (Fsp3) is 0.231. The van der Waals surface area contributed by atoms with E-state index in [0.29, 0.717) is 30.4 Å². The van der Waals surface area contributed by atoms with Crippen LogP contribution in [0.5, 0.6) is 0 Å². The molecule has 0 saturated heterocycles. The summed E-state index contributed by atoms with van der Waals surface area (Å²) in [6, 6.07) is 8.21. The maximum absolute atomic E-state index is 14.2. The predicted octanol–water partition coefficient (Wildman–Crippen LogP) is 5.07. The minimum Gasteiger partial charge on any atom is -0.354 e. The number of halogens is 4. The summed E-state index contributed by atoms with van der Waals surface area (Å²) in [5, 5.41) is 8.77. The van der Waals surface area contributed by atoms with Crippen LogP contribution in [0.1, 0.15) is 27.9 Å². The molecule has 3 N–H and O–H groups in total. The van der Waals surface area contributed by atoms with Crippen molar-refractivity contribution in [1.29, 1.82) is 0 Å². The molecule has 200 valence electrons. The zero-order valence-corrected chi connectivity index (χ0v) is 20.7. The Bertz CT molecular complexity index is 1310. The monoisotopic (exact) mass is 530 g/mol. The van der Waals surface area contributed by atoms with Gasteiger partial charge < -0.3 is 20.9 Å². The molecule has 0 radical (unpaired) electrons. The lowest BCUT2D eigenvalue weighted by Crippen LogP contribution is -2.26. The normalized spacial score (nSPS) is 11.0. The van der Waals surface area contributed by atoms with Crippen molar-refractivity contribution < 1.29 is 27.2 Å². The molecule has 12 heteroatoms. The summed E-state index contributed by atoms with van der Waals surface area (Å²) < 4.78 is 52.2. The fourth-order valence-corrected chi connectivity index (χ4v) is 3.30. The van der Waals surface area contributed by atoms with Gasteiger partial charge in [-0.3, -0.25) is 9.59 Å². The van der Waals surface area contributed by atoms with Gasteiger partial charge in [0.2, 0.25) is 11.9 Å². The Hall–Kier alpha value is -4.48. The van der Waals surface area contributed by atoms with E-state index in [1.54, 1.807) is 13.1 Å². The van der Waals surface area contributed by atoms with Gasteiger partial charge in [0.15, 0.2) is 0 Å². The van der Waals surface area contributed by atoms with Gasteiger partial charge in [-0.05, 0) is 61.9 Å². The summed E-state index contributed by atoms with van der Waals surface area (Å²) in [6.07, 6.45) is -1.27. The van der Waals surface area contributed by atoms with Gasteiger partial charge in [-0.25, -0.2) is 9.37 Å². The summed E-state index contributed by atoms with van der Waals surface area (Å²) in [5.41, 5.74) is 0.612. The smallest absolute Gasteiger partial charge is 0.354 e. The third-order valence-corrected chi connectivity index (χ3v) is 5.44. The number of amides is 2. The van der Waals surface area contributed by atoms with Gasteiger partial charge in [-0.15, -0.1) is 0 Å². The number of alkyl halides is 3. The topological polar surface area (TPSA) is 99.3 Å². The molecule has 0 aliphatic rings. The molecule has 1 aromatic heterocycles. The fourth-order valence-electron chi connectivity index (χ4n) is 3.30. The molecule has 0 unspecified atom stereocenters. The van der Waals surface area contributed by atoms with Crippen LogP contribution in [-0.2, 0) is 11.0 Å². The lowest BCUT2D eigenvalue weighted by molar-refractivity contribution is -0.137. The van der Waals surface area contributed by atoms with Gasteiger partial charge in [0.1, 0.15) is 11.6 Å². The molecule has 1 heterocycles. The first-order chi connectivity index (χ1) is 18.0. The zero-order valence-electron chi connectivity index (χ0n) is 20.7. The van der Waals surface area contributed by atoms with Crippen molar-refractivity contribution in [1.82, 2.24) is 15.3 Å². The van der Waals surface area contributed by atoms with Crippen LogP contribution in [0, 0.1) is 12.7 Å². The average Bonchev–Trinajstić information content (AvgIpc) is 2.89. The van der Waals surface area contributed by atoms with Crippen LogP contribution in [0.25, 0.3) is 0 Å². The summed E-state index contributed by atoms with van der Waals surface area (Å²) >= 11 is 0. The van der Waals surface area contributed by atoms with Crippen molar-refractivity contribution in [2.45, 2.75) is 19.5 Å². The number of aryl methyl sites for hydroxylation is 1. The highest BCUT2D eigenvalue weighted by Gasteiger charge is 2.30. The number of hydrogen-bond acceptors (Lipinski definition) is 6. The Labute approximate surface area is 216 Å². The van der Waals surface area contributed by atoms with E-state index in [2.05, 4.69) is 32.5 Å². The number of anilines is 4. The molecule has 0 aliphatic heterocycles. The van der Waals surface area contributed by atoms with Gasteiger partial charge in [-0.1, -0.05) is 6.58 Å². The molecule has 3 rings (SSSR count). The largest absolute Gasteiger partial charge is 0.416 e. The van der Waals surface area contributed by atoms with E-state index in [0.717, 1.165) is 40.8 Å². The van der Waals surface area contributed by atoms with Crippen LogP contribution in [0.4, 0.5) is 40.7 Å². The highest BCUT2D eigenvalue weighted by molar-refractivity contribution is 6.01. The molecule has 0 aliphatic carbocycles. The maximum atomic E-state index is 14.2. The van der Waals surface area contributed by atoms with E-state index in [4.69, 9.17) is 0 Å². The SMILES string of the molecule is C=CC(=O)N(C)c1cc(Nc2nc(NCCCNC(=O)c3ccc(C(F)(F)F)cc3)ncc2C)ccc1F. The van der Waals surface area contributed by atoms with Crippen molar-refractivity contribution in [3.8, 4) is 0 Å². The number of hydrogen-bond donors (Lipinski definition) is 3. The van der Waals surface area contributed by atoms with Crippen LogP contribution in [-0.4, -0.2) is 41.9 Å².